The van der Waals surface area contributed by atoms with Crippen LogP contribution >= 0.6 is 0 Å². The topological polar surface area (TPSA) is 50.7 Å². The van der Waals surface area contributed by atoms with Gasteiger partial charge >= 0.3 is 0 Å². The first-order valence-electron chi connectivity index (χ1n) is 5.30. The van der Waals surface area contributed by atoms with Crippen LogP contribution in [-0.2, 0) is 9.47 Å². The van der Waals surface area contributed by atoms with Crippen LogP contribution in [0.4, 0.5) is 0 Å². The minimum atomic E-state index is -0.240. The van der Waals surface area contributed by atoms with Crippen molar-refractivity contribution in [3.05, 3.63) is 0 Å². The van der Waals surface area contributed by atoms with Crippen LogP contribution in [0.2, 0.25) is 0 Å². The van der Waals surface area contributed by atoms with Crippen molar-refractivity contribution in [1.82, 2.24) is 5.32 Å². The zero-order chi connectivity index (χ0) is 10.2. The lowest BCUT2D eigenvalue weighted by Crippen LogP contribution is -2.36. The summed E-state index contributed by atoms with van der Waals surface area (Å²) in [7, 11) is 1.68. The Kier molecular flexibility index (Phi) is 6.10. The Labute approximate surface area is 85.6 Å². The Balaban J connectivity index is 2.04. The Morgan fingerprint density at radius 2 is 2.21 bits per heavy atom. The summed E-state index contributed by atoms with van der Waals surface area (Å²) in [5.74, 6) is 0.402. The molecule has 14 heavy (non-hydrogen) atoms. The van der Waals surface area contributed by atoms with Crippen molar-refractivity contribution in [3.8, 4) is 0 Å². The molecule has 1 aliphatic heterocycles. The molecule has 0 aliphatic carbocycles. The van der Waals surface area contributed by atoms with Gasteiger partial charge in [0.1, 0.15) is 0 Å². The van der Waals surface area contributed by atoms with Crippen LogP contribution in [0.1, 0.15) is 12.8 Å². The minimum absolute atomic E-state index is 0.240. The average Bonchev–Trinajstić information content (AvgIpc) is 2.25. The molecule has 0 aromatic heterocycles. The van der Waals surface area contributed by atoms with E-state index >= 15 is 0 Å². The van der Waals surface area contributed by atoms with Gasteiger partial charge < -0.3 is 19.9 Å². The lowest BCUT2D eigenvalue weighted by molar-refractivity contribution is 0.00816. The van der Waals surface area contributed by atoms with Crippen molar-refractivity contribution in [2.24, 2.45) is 5.92 Å². The largest absolute Gasteiger partial charge is 0.392 e. The molecular weight excluding hydrogens is 182 g/mol. The van der Waals surface area contributed by atoms with Crippen LogP contribution in [0.25, 0.3) is 0 Å². The number of hydrogen-bond acceptors (Lipinski definition) is 4. The zero-order valence-corrected chi connectivity index (χ0v) is 8.87. The van der Waals surface area contributed by atoms with Crippen LogP contribution in [0.5, 0.6) is 0 Å². The summed E-state index contributed by atoms with van der Waals surface area (Å²) < 4.78 is 10.1. The van der Waals surface area contributed by atoms with Gasteiger partial charge in [-0.25, -0.2) is 0 Å². The highest BCUT2D eigenvalue weighted by molar-refractivity contribution is 4.73. The highest BCUT2D eigenvalue weighted by atomic mass is 16.5. The van der Waals surface area contributed by atoms with Crippen LogP contribution in [-0.4, -0.2) is 51.2 Å². The van der Waals surface area contributed by atoms with Gasteiger partial charge in [0.2, 0.25) is 0 Å². The van der Waals surface area contributed by atoms with Crippen LogP contribution in [0, 0.1) is 5.92 Å². The molecule has 0 bridgehead atoms. The van der Waals surface area contributed by atoms with Crippen molar-refractivity contribution in [3.63, 3.8) is 0 Å². The van der Waals surface area contributed by atoms with E-state index in [1.807, 2.05) is 0 Å². The molecule has 0 amide bonds. The number of rotatable bonds is 6. The van der Waals surface area contributed by atoms with E-state index in [9.17, 15) is 5.11 Å². The molecule has 1 rings (SSSR count). The summed E-state index contributed by atoms with van der Waals surface area (Å²) in [4.78, 5) is 0. The number of ether oxygens (including phenoxy) is 2. The van der Waals surface area contributed by atoms with E-state index in [-0.39, 0.29) is 6.10 Å². The second kappa shape index (κ2) is 7.17. The molecule has 0 saturated carbocycles. The third-order valence-corrected chi connectivity index (χ3v) is 2.65. The van der Waals surface area contributed by atoms with E-state index in [0.717, 1.165) is 32.6 Å². The lowest BCUT2D eigenvalue weighted by Gasteiger charge is -2.26. The van der Waals surface area contributed by atoms with Gasteiger partial charge in [-0.15, -0.1) is 0 Å². The van der Waals surface area contributed by atoms with E-state index in [2.05, 4.69) is 5.32 Å². The SMILES string of the molecule is COCCNCC(O)C1CCOCC1. The quantitative estimate of drug-likeness (QED) is 0.597. The maximum atomic E-state index is 9.81. The lowest BCUT2D eigenvalue weighted by atomic mass is 9.94. The van der Waals surface area contributed by atoms with Gasteiger partial charge in [0.05, 0.1) is 12.7 Å². The molecule has 1 heterocycles. The maximum absolute atomic E-state index is 9.81. The Hall–Kier alpha value is -0.160. The molecule has 4 nitrogen and oxygen atoms in total. The van der Waals surface area contributed by atoms with E-state index in [1.165, 1.54) is 0 Å². The summed E-state index contributed by atoms with van der Waals surface area (Å²) in [6.45, 7) is 3.74. The molecule has 4 heteroatoms. The van der Waals surface area contributed by atoms with Gasteiger partial charge in [0.15, 0.2) is 0 Å². The molecule has 2 N–H and O–H groups in total. The van der Waals surface area contributed by atoms with E-state index in [0.29, 0.717) is 19.1 Å². The summed E-state index contributed by atoms with van der Waals surface area (Å²) in [6, 6.07) is 0. The fourth-order valence-corrected chi connectivity index (χ4v) is 1.69. The second-order valence-electron chi connectivity index (χ2n) is 3.71. The van der Waals surface area contributed by atoms with Gasteiger partial charge in [-0.2, -0.15) is 0 Å². The molecule has 0 aromatic carbocycles. The predicted octanol–water partition coefficient (Wildman–Crippen LogP) is 0.00990. The van der Waals surface area contributed by atoms with Gasteiger partial charge in [0, 0.05) is 33.4 Å². The first-order chi connectivity index (χ1) is 6.84. The van der Waals surface area contributed by atoms with Crippen molar-refractivity contribution in [2.75, 3.05) is 40.0 Å². The third kappa shape index (κ3) is 4.37. The highest BCUT2D eigenvalue weighted by Crippen LogP contribution is 2.18. The molecule has 0 aromatic rings. The molecular formula is C10H21NO3. The third-order valence-electron chi connectivity index (χ3n) is 2.65. The number of aliphatic hydroxyl groups is 1. The summed E-state index contributed by atoms with van der Waals surface area (Å²) in [5, 5.41) is 13.0. The fraction of sp³-hybridized carbons (Fsp3) is 1.00. The Morgan fingerprint density at radius 1 is 1.50 bits per heavy atom. The molecule has 1 unspecified atom stereocenters. The molecule has 1 atom stereocenters. The van der Waals surface area contributed by atoms with Crippen molar-refractivity contribution < 1.29 is 14.6 Å². The van der Waals surface area contributed by atoms with E-state index in [4.69, 9.17) is 9.47 Å². The zero-order valence-electron chi connectivity index (χ0n) is 8.87. The van der Waals surface area contributed by atoms with Crippen LogP contribution < -0.4 is 5.32 Å². The predicted molar refractivity (Wildman–Crippen MR) is 54.3 cm³/mol. The fourth-order valence-electron chi connectivity index (χ4n) is 1.69. The standard InChI is InChI=1S/C10H21NO3/c1-13-7-4-11-8-10(12)9-2-5-14-6-3-9/h9-12H,2-8H2,1H3. The normalized spacial score (nSPS) is 21.0. The number of methoxy groups -OCH3 is 1. The van der Waals surface area contributed by atoms with Crippen molar-refractivity contribution in [1.29, 1.82) is 0 Å². The van der Waals surface area contributed by atoms with Crippen LogP contribution in [0.15, 0.2) is 0 Å². The summed E-state index contributed by atoms with van der Waals surface area (Å²) in [5.41, 5.74) is 0. The van der Waals surface area contributed by atoms with Crippen LogP contribution in [0.3, 0.4) is 0 Å². The van der Waals surface area contributed by atoms with E-state index < -0.39 is 0 Å². The molecule has 1 fully saturated rings. The van der Waals surface area contributed by atoms with E-state index in [1.54, 1.807) is 7.11 Å². The van der Waals surface area contributed by atoms with Gasteiger partial charge in [-0.1, -0.05) is 0 Å². The monoisotopic (exact) mass is 203 g/mol. The van der Waals surface area contributed by atoms with Gasteiger partial charge in [0.25, 0.3) is 0 Å². The number of nitrogens with one attached hydrogen (secondary N) is 1. The molecule has 84 valence electrons. The maximum Gasteiger partial charge on any atom is 0.0694 e. The Morgan fingerprint density at radius 3 is 2.86 bits per heavy atom. The number of hydrogen-bond donors (Lipinski definition) is 2. The minimum Gasteiger partial charge on any atom is -0.392 e. The first kappa shape index (κ1) is 11.9. The summed E-state index contributed by atoms with van der Waals surface area (Å²) in [6.07, 6.45) is 1.72. The molecule has 0 spiro atoms. The molecule has 1 aliphatic rings. The van der Waals surface area contributed by atoms with Crippen molar-refractivity contribution in [2.45, 2.75) is 18.9 Å². The second-order valence-corrected chi connectivity index (χ2v) is 3.71. The van der Waals surface area contributed by atoms with Gasteiger partial charge in [-0.05, 0) is 18.8 Å². The number of aliphatic hydroxyl groups excluding tert-OH is 1. The highest BCUT2D eigenvalue weighted by Gasteiger charge is 2.21. The van der Waals surface area contributed by atoms with Gasteiger partial charge in [-0.3, -0.25) is 0 Å². The smallest absolute Gasteiger partial charge is 0.0694 e. The molecule has 0 radical (unpaired) electrons. The summed E-state index contributed by atoms with van der Waals surface area (Å²) >= 11 is 0. The average molecular weight is 203 g/mol. The van der Waals surface area contributed by atoms with Crippen molar-refractivity contribution >= 4 is 0 Å². The molecule has 1 saturated heterocycles. The Bertz CT molecular complexity index is 137. The first-order valence-corrected chi connectivity index (χ1v) is 5.30.